The molecule has 2 fully saturated rings. The molecule has 2 aliphatic rings. The smallest absolute Gasteiger partial charge is 0.254 e. The molecule has 0 spiro atoms. The summed E-state index contributed by atoms with van der Waals surface area (Å²) >= 11 is 0. The van der Waals surface area contributed by atoms with Crippen molar-refractivity contribution < 1.29 is 4.79 Å². The van der Waals surface area contributed by atoms with Gasteiger partial charge in [-0.3, -0.25) is 4.79 Å². The lowest BCUT2D eigenvalue weighted by Crippen LogP contribution is -2.45. The molecule has 0 aliphatic carbocycles. The van der Waals surface area contributed by atoms with Gasteiger partial charge in [-0.1, -0.05) is 20.8 Å². The first-order valence-electron chi connectivity index (χ1n) is 12.2. The van der Waals surface area contributed by atoms with Crippen molar-refractivity contribution in [1.29, 1.82) is 0 Å². The number of piperidine rings is 2. The van der Waals surface area contributed by atoms with Gasteiger partial charge in [-0.2, -0.15) is 5.10 Å². The SMILES string of the molecule is CC1CCN(CC2CCCN(C(=O)c3cc(C(C)C)nc4c3cnn4C(C)C)C2)CC1. The summed E-state index contributed by atoms with van der Waals surface area (Å²) in [7, 11) is 0. The Morgan fingerprint density at radius 1 is 1.13 bits per heavy atom. The summed E-state index contributed by atoms with van der Waals surface area (Å²) in [6.07, 6.45) is 6.77. The number of likely N-dealkylation sites (tertiary alicyclic amines) is 2. The van der Waals surface area contributed by atoms with Gasteiger partial charge in [-0.05, 0) is 76.4 Å². The van der Waals surface area contributed by atoms with E-state index >= 15 is 0 Å². The number of pyridine rings is 1. The van der Waals surface area contributed by atoms with Crippen LogP contribution in [-0.2, 0) is 0 Å². The fourth-order valence-corrected chi connectivity index (χ4v) is 5.07. The second-order valence-corrected chi connectivity index (χ2v) is 10.4. The third-order valence-corrected chi connectivity index (χ3v) is 7.10. The maximum absolute atomic E-state index is 13.7. The number of carbonyl (C=O) groups is 1. The van der Waals surface area contributed by atoms with E-state index in [1.807, 2.05) is 16.9 Å². The Morgan fingerprint density at radius 3 is 2.55 bits per heavy atom. The van der Waals surface area contributed by atoms with Crippen LogP contribution < -0.4 is 0 Å². The minimum Gasteiger partial charge on any atom is -0.338 e. The van der Waals surface area contributed by atoms with Crippen molar-refractivity contribution in [2.45, 2.75) is 72.3 Å². The lowest BCUT2D eigenvalue weighted by atomic mass is 9.94. The molecule has 0 bridgehead atoms. The normalized spacial score (nSPS) is 21.5. The summed E-state index contributed by atoms with van der Waals surface area (Å²) in [4.78, 5) is 23.3. The molecule has 2 aromatic rings. The molecule has 2 aliphatic heterocycles. The molecule has 2 saturated heterocycles. The topological polar surface area (TPSA) is 54.3 Å². The van der Waals surface area contributed by atoms with Gasteiger partial charge in [0.25, 0.3) is 5.91 Å². The Hall–Kier alpha value is -1.95. The van der Waals surface area contributed by atoms with E-state index in [4.69, 9.17) is 4.98 Å². The van der Waals surface area contributed by atoms with Gasteiger partial charge in [0.15, 0.2) is 5.65 Å². The van der Waals surface area contributed by atoms with Crippen LogP contribution >= 0.6 is 0 Å². The largest absolute Gasteiger partial charge is 0.338 e. The first kappa shape index (κ1) is 22.3. The molecule has 1 amide bonds. The third kappa shape index (κ3) is 4.79. The molecular formula is C25H39N5O. The average Bonchev–Trinajstić information content (AvgIpc) is 3.19. The summed E-state index contributed by atoms with van der Waals surface area (Å²) in [6.45, 7) is 16.1. The van der Waals surface area contributed by atoms with Crippen LogP contribution in [0.4, 0.5) is 0 Å². The Labute approximate surface area is 187 Å². The Balaban J connectivity index is 1.55. The molecule has 4 heterocycles. The van der Waals surface area contributed by atoms with Gasteiger partial charge in [0.05, 0.1) is 17.1 Å². The Kier molecular flexibility index (Phi) is 6.65. The number of amides is 1. The highest BCUT2D eigenvalue weighted by Gasteiger charge is 2.29. The second kappa shape index (κ2) is 9.27. The molecule has 0 radical (unpaired) electrons. The van der Waals surface area contributed by atoms with Crippen LogP contribution in [0, 0.1) is 11.8 Å². The molecule has 0 saturated carbocycles. The molecule has 1 atom stereocenters. The molecule has 6 nitrogen and oxygen atoms in total. The van der Waals surface area contributed by atoms with E-state index in [0.29, 0.717) is 5.92 Å². The van der Waals surface area contributed by atoms with Crippen LogP contribution in [0.15, 0.2) is 12.3 Å². The van der Waals surface area contributed by atoms with Crippen molar-refractivity contribution in [3.63, 3.8) is 0 Å². The Morgan fingerprint density at radius 2 is 1.87 bits per heavy atom. The molecule has 170 valence electrons. The predicted octanol–water partition coefficient (Wildman–Crippen LogP) is 4.72. The first-order chi connectivity index (χ1) is 14.8. The number of carbonyl (C=O) groups excluding carboxylic acids is 1. The minimum atomic E-state index is 0.148. The summed E-state index contributed by atoms with van der Waals surface area (Å²) in [6, 6.07) is 2.22. The molecule has 0 N–H and O–H groups in total. The van der Waals surface area contributed by atoms with Gasteiger partial charge in [0.1, 0.15) is 0 Å². The molecule has 2 aromatic heterocycles. The molecular weight excluding hydrogens is 386 g/mol. The van der Waals surface area contributed by atoms with Crippen molar-refractivity contribution >= 4 is 16.9 Å². The molecule has 1 unspecified atom stereocenters. The highest BCUT2D eigenvalue weighted by atomic mass is 16.2. The monoisotopic (exact) mass is 425 g/mol. The third-order valence-electron chi connectivity index (χ3n) is 7.10. The van der Waals surface area contributed by atoms with Crippen LogP contribution in [0.25, 0.3) is 11.0 Å². The van der Waals surface area contributed by atoms with Crippen LogP contribution in [0.1, 0.15) is 88.3 Å². The zero-order valence-electron chi connectivity index (χ0n) is 20.0. The van der Waals surface area contributed by atoms with Gasteiger partial charge in [0.2, 0.25) is 0 Å². The zero-order valence-corrected chi connectivity index (χ0v) is 20.0. The molecule has 6 heteroatoms. The van der Waals surface area contributed by atoms with Crippen molar-refractivity contribution in [1.82, 2.24) is 24.6 Å². The fourth-order valence-electron chi connectivity index (χ4n) is 5.07. The van der Waals surface area contributed by atoms with E-state index in [1.165, 1.54) is 32.4 Å². The average molecular weight is 426 g/mol. The zero-order chi connectivity index (χ0) is 22.1. The standard InChI is InChI=1S/C25H39N5O/c1-17(2)23-13-21(22-14-26-30(18(3)4)24(22)27-23)25(31)29-10-6-7-20(16-29)15-28-11-8-19(5)9-12-28/h13-14,17-20H,6-12,15-16H2,1-5H3. The highest BCUT2D eigenvalue weighted by molar-refractivity contribution is 6.05. The molecule has 4 rings (SSSR count). The predicted molar refractivity (Wildman–Crippen MR) is 125 cm³/mol. The van der Waals surface area contributed by atoms with Crippen molar-refractivity contribution in [2.24, 2.45) is 11.8 Å². The molecule has 0 aromatic carbocycles. The van der Waals surface area contributed by atoms with E-state index < -0.39 is 0 Å². The highest BCUT2D eigenvalue weighted by Crippen LogP contribution is 2.28. The summed E-state index contributed by atoms with van der Waals surface area (Å²) in [5.41, 5.74) is 2.57. The van der Waals surface area contributed by atoms with Gasteiger partial charge < -0.3 is 9.80 Å². The summed E-state index contributed by atoms with van der Waals surface area (Å²) < 4.78 is 1.94. The van der Waals surface area contributed by atoms with Crippen molar-refractivity contribution in [3.8, 4) is 0 Å². The van der Waals surface area contributed by atoms with Gasteiger partial charge in [0, 0.05) is 31.4 Å². The number of nitrogens with zero attached hydrogens (tertiary/aromatic N) is 5. The maximum atomic E-state index is 13.7. The van der Waals surface area contributed by atoms with Crippen LogP contribution in [0.3, 0.4) is 0 Å². The number of aromatic nitrogens is 3. The number of hydrogen-bond donors (Lipinski definition) is 0. The van der Waals surface area contributed by atoms with Gasteiger partial charge in [-0.15, -0.1) is 0 Å². The number of fused-ring (bicyclic) bond motifs is 1. The van der Waals surface area contributed by atoms with Gasteiger partial charge >= 0.3 is 0 Å². The summed E-state index contributed by atoms with van der Waals surface area (Å²) in [5, 5.41) is 5.44. The minimum absolute atomic E-state index is 0.148. The second-order valence-electron chi connectivity index (χ2n) is 10.4. The van der Waals surface area contributed by atoms with Crippen LogP contribution in [0.2, 0.25) is 0 Å². The van der Waals surface area contributed by atoms with E-state index in [-0.39, 0.29) is 17.9 Å². The van der Waals surface area contributed by atoms with Crippen LogP contribution in [-0.4, -0.2) is 63.2 Å². The van der Waals surface area contributed by atoms with E-state index in [9.17, 15) is 4.79 Å². The fraction of sp³-hybridized carbons (Fsp3) is 0.720. The summed E-state index contributed by atoms with van der Waals surface area (Å²) in [5.74, 6) is 1.85. The lowest BCUT2D eigenvalue weighted by Gasteiger charge is -2.38. The molecule has 31 heavy (non-hydrogen) atoms. The quantitative estimate of drug-likeness (QED) is 0.696. The van der Waals surface area contributed by atoms with Crippen LogP contribution in [0.5, 0.6) is 0 Å². The van der Waals surface area contributed by atoms with E-state index in [0.717, 1.165) is 54.3 Å². The van der Waals surface area contributed by atoms with E-state index in [2.05, 4.69) is 49.5 Å². The maximum Gasteiger partial charge on any atom is 0.254 e. The Bertz CT molecular complexity index is 910. The lowest BCUT2D eigenvalue weighted by molar-refractivity contribution is 0.0624. The van der Waals surface area contributed by atoms with Crippen molar-refractivity contribution in [3.05, 3.63) is 23.5 Å². The van der Waals surface area contributed by atoms with E-state index in [1.54, 1.807) is 0 Å². The van der Waals surface area contributed by atoms with Gasteiger partial charge in [-0.25, -0.2) is 9.67 Å². The number of rotatable bonds is 5. The first-order valence-corrected chi connectivity index (χ1v) is 12.2. The van der Waals surface area contributed by atoms with Crippen molar-refractivity contribution in [2.75, 3.05) is 32.7 Å². The number of hydrogen-bond acceptors (Lipinski definition) is 4.